The number of benzene rings is 2. The second kappa shape index (κ2) is 6.76. The molecule has 0 bridgehead atoms. The van der Waals surface area contributed by atoms with E-state index in [0.717, 1.165) is 12.1 Å². The van der Waals surface area contributed by atoms with Gasteiger partial charge in [0.2, 0.25) is 0 Å². The van der Waals surface area contributed by atoms with E-state index in [4.69, 9.17) is 0 Å². The van der Waals surface area contributed by atoms with Crippen molar-refractivity contribution in [1.29, 1.82) is 0 Å². The summed E-state index contributed by atoms with van der Waals surface area (Å²) in [6.45, 7) is 1.68. The van der Waals surface area contributed by atoms with Crippen molar-refractivity contribution in [3.63, 3.8) is 0 Å². The lowest BCUT2D eigenvalue weighted by Crippen LogP contribution is -2.06. The van der Waals surface area contributed by atoms with Gasteiger partial charge in [0.05, 0.1) is 17.0 Å². The van der Waals surface area contributed by atoms with E-state index in [9.17, 15) is 23.4 Å². The number of rotatable bonds is 3. The Labute approximate surface area is 147 Å². The van der Waals surface area contributed by atoms with Crippen LogP contribution < -0.4 is 0 Å². The average Bonchev–Trinajstić information content (AvgIpc) is 2.61. The molecule has 0 saturated carbocycles. The monoisotopic (exact) mass is 360 g/mol. The molecule has 3 aromatic rings. The molecule has 1 heterocycles. The lowest BCUT2D eigenvalue weighted by atomic mass is 10.0. The summed E-state index contributed by atoms with van der Waals surface area (Å²) in [5.41, 5.74) is 0.972. The third-order valence-corrected chi connectivity index (χ3v) is 3.98. The van der Waals surface area contributed by atoms with Crippen LogP contribution in [0.25, 0.3) is 11.3 Å². The number of alkyl halides is 3. The van der Waals surface area contributed by atoms with Crippen LogP contribution in [0.4, 0.5) is 13.2 Å². The van der Waals surface area contributed by atoms with Crippen LogP contribution in [0.3, 0.4) is 0 Å². The number of hydrogen-bond donors (Lipinski definition) is 2. The van der Waals surface area contributed by atoms with Crippen LogP contribution in [0, 0.1) is 6.92 Å². The Morgan fingerprint density at radius 3 is 2.23 bits per heavy atom. The first kappa shape index (κ1) is 17.9. The maximum absolute atomic E-state index is 12.7. The highest BCUT2D eigenvalue weighted by Gasteiger charge is 2.31. The second-order valence-corrected chi connectivity index (χ2v) is 5.84. The number of aromatic hydroxyl groups is 1. The van der Waals surface area contributed by atoms with E-state index in [1.807, 2.05) is 6.07 Å². The van der Waals surface area contributed by atoms with Crippen LogP contribution in [0.1, 0.15) is 28.5 Å². The zero-order chi connectivity index (χ0) is 18.9. The van der Waals surface area contributed by atoms with Crippen molar-refractivity contribution >= 4 is 0 Å². The number of nitrogens with zero attached hydrogens (tertiary/aromatic N) is 2. The van der Waals surface area contributed by atoms with Crippen molar-refractivity contribution in [2.45, 2.75) is 19.2 Å². The Kier molecular flexibility index (Phi) is 4.65. The van der Waals surface area contributed by atoms with Crippen LogP contribution in [-0.2, 0) is 6.18 Å². The predicted molar refractivity (Wildman–Crippen MR) is 89.4 cm³/mol. The fourth-order valence-corrected chi connectivity index (χ4v) is 2.62. The Balaban J connectivity index is 1.96. The molecule has 0 aliphatic rings. The summed E-state index contributed by atoms with van der Waals surface area (Å²) < 4.78 is 38.2. The van der Waals surface area contributed by atoms with Gasteiger partial charge in [0, 0.05) is 5.56 Å². The molecule has 1 atom stereocenters. The third-order valence-electron chi connectivity index (χ3n) is 3.98. The quantitative estimate of drug-likeness (QED) is 0.733. The van der Waals surface area contributed by atoms with E-state index in [2.05, 4.69) is 10.2 Å². The summed E-state index contributed by atoms with van der Waals surface area (Å²) >= 11 is 0. The molecule has 2 N–H and O–H groups in total. The van der Waals surface area contributed by atoms with E-state index in [-0.39, 0.29) is 11.3 Å². The van der Waals surface area contributed by atoms with Gasteiger partial charge in [-0.15, -0.1) is 5.10 Å². The summed E-state index contributed by atoms with van der Waals surface area (Å²) in [4.78, 5) is 0. The van der Waals surface area contributed by atoms with Crippen LogP contribution in [0.15, 0.2) is 54.6 Å². The number of hydrogen-bond acceptors (Lipinski definition) is 4. The molecule has 4 nitrogen and oxygen atoms in total. The van der Waals surface area contributed by atoms with Crippen molar-refractivity contribution < 1.29 is 23.4 Å². The molecule has 0 fully saturated rings. The van der Waals surface area contributed by atoms with Crippen molar-refractivity contribution in [2.24, 2.45) is 0 Å². The van der Waals surface area contributed by atoms with Gasteiger partial charge >= 0.3 is 6.18 Å². The minimum atomic E-state index is -4.54. The summed E-state index contributed by atoms with van der Waals surface area (Å²) in [7, 11) is 0. The van der Waals surface area contributed by atoms with Crippen LogP contribution in [-0.4, -0.2) is 20.4 Å². The van der Waals surface area contributed by atoms with Gasteiger partial charge in [-0.25, -0.2) is 0 Å². The third kappa shape index (κ3) is 3.52. The number of aryl methyl sites for hydroxylation is 1. The van der Waals surface area contributed by atoms with Crippen molar-refractivity contribution in [1.82, 2.24) is 10.2 Å². The Morgan fingerprint density at radius 1 is 0.962 bits per heavy atom. The molecular formula is C19H15F3N2O2. The number of aromatic nitrogens is 2. The lowest BCUT2D eigenvalue weighted by Gasteiger charge is -2.13. The number of aliphatic hydroxyl groups is 1. The van der Waals surface area contributed by atoms with E-state index >= 15 is 0 Å². The Hall–Kier alpha value is -2.93. The first-order valence-electron chi connectivity index (χ1n) is 7.75. The zero-order valence-electron chi connectivity index (χ0n) is 13.7. The topological polar surface area (TPSA) is 66.2 Å². The van der Waals surface area contributed by atoms with Gasteiger partial charge in [-0.3, -0.25) is 0 Å². The summed E-state index contributed by atoms with van der Waals surface area (Å²) in [6, 6.07) is 13.2. The maximum Gasteiger partial charge on any atom is 0.416 e. The molecule has 1 aromatic heterocycles. The van der Waals surface area contributed by atoms with E-state index < -0.39 is 23.6 Å². The molecule has 2 aromatic carbocycles. The molecule has 134 valence electrons. The number of phenols is 1. The van der Waals surface area contributed by atoms with Gasteiger partial charge in [-0.05, 0) is 42.3 Å². The smallest absolute Gasteiger partial charge is 0.416 e. The molecule has 0 aliphatic heterocycles. The summed E-state index contributed by atoms with van der Waals surface area (Å²) in [6.07, 6.45) is -5.52. The van der Waals surface area contributed by atoms with Crippen molar-refractivity contribution in [2.75, 3.05) is 0 Å². The zero-order valence-corrected chi connectivity index (χ0v) is 13.7. The van der Waals surface area contributed by atoms with Gasteiger partial charge < -0.3 is 10.2 Å². The van der Waals surface area contributed by atoms with Crippen molar-refractivity contribution in [3.05, 3.63) is 77.0 Å². The number of aliphatic hydroxyl groups excluding tert-OH is 1. The summed E-state index contributed by atoms with van der Waals surface area (Å²) in [5.74, 6) is -0.534. The molecule has 0 spiro atoms. The largest absolute Gasteiger partial charge is 0.507 e. The highest BCUT2D eigenvalue weighted by Crippen LogP contribution is 2.37. The first-order chi connectivity index (χ1) is 12.3. The van der Waals surface area contributed by atoms with Gasteiger partial charge in [-0.2, -0.15) is 18.3 Å². The molecule has 26 heavy (non-hydrogen) atoms. The predicted octanol–water partition coefficient (Wildman–Crippen LogP) is 4.26. The van der Waals surface area contributed by atoms with Crippen LogP contribution >= 0.6 is 0 Å². The fraction of sp³-hybridized carbons (Fsp3) is 0.158. The number of phenolic OH excluding ortho intramolecular Hbond substituents is 1. The Morgan fingerprint density at radius 2 is 1.65 bits per heavy atom. The molecule has 0 amide bonds. The number of halogens is 3. The lowest BCUT2D eigenvalue weighted by molar-refractivity contribution is -0.137. The van der Waals surface area contributed by atoms with Crippen LogP contribution in [0.2, 0.25) is 0 Å². The Bertz CT molecular complexity index is 928. The molecule has 1 unspecified atom stereocenters. The van der Waals surface area contributed by atoms with Gasteiger partial charge in [0.15, 0.2) is 0 Å². The van der Waals surface area contributed by atoms with E-state index in [1.54, 1.807) is 37.3 Å². The highest BCUT2D eigenvalue weighted by atomic mass is 19.4. The molecule has 0 saturated heterocycles. The average molecular weight is 360 g/mol. The fourth-order valence-electron chi connectivity index (χ4n) is 2.62. The van der Waals surface area contributed by atoms with Crippen LogP contribution in [0.5, 0.6) is 5.75 Å². The minimum absolute atomic E-state index is 0.142. The van der Waals surface area contributed by atoms with Gasteiger partial charge in [-0.1, -0.05) is 30.3 Å². The summed E-state index contributed by atoms with van der Waals surface area (Å²) in [5, 5.41) is 28.3. The highest BCUT2D eigenvalue weighted by molar-refractivity contribution is 5.69. The molecule has 0 aliphatic carbocycles. The second-order valence-electron chi connectivity index (χ2n) is 5.84. The van der Waals surface area contributed by atoms with Gasteiger partial charge in [0.25, 0.3) is 0 Å². The minimum Gasteiger partial charge on any atom is -0.507 e. The molecule has 0 radical (unpaired) electrons. The molecular weight excluding hydrogens is 345 g/mol. The van der Waals surface area contributed by atoms with Gasteiger partial charge in [0.1, 0.15) is 11.9 Å². The van der Waals surface area contributed by atoms with Crippen molar-refractivity contribution in [3.8, 4) is 17.0 Å². The standard InChI is InChI=1S/C19H15F3N2O2/c1-11-9-15(18(26)12-5-3-2-4-6-12)23-24-17(11)14-8-7-13(10-16(14)25)19(20,21)22/h2-10,18,25-26H,1H3. The first-order valence-corrected chi connectivity index (χ1v) is 7.75. The van der Waals surface area contributed by atoms with E-state index in [1.165, 1.54) is 0 Å². The molecule has 3 rings (SSSR count). The van der Waals surface area contributed by atoms with E-state index in [0.29, 0.717) is 22.9 Å². The SMILES string of the molecule is Cc1cc(C(O)c2ccccc2)nnc1-c1ccc(C(F)(F)F)cc1O. The maximum atomic E-state index is 12.7. The molecule has 7 heteroatoms. The normalized spacial score (nSPS) is 12.8.